The Bertz CT molecular complexity index is 643. The lowest BCUT2D eigenvalue weighted by atomic mass is 10.0. The van der Waals surface area contributed by atoms with Crippen molar-refractivity contribution in [2.45, 2.75) is 19.3 Å². The second-order valence-corrected chi connectivity index (χ2v) is 6.15. The highest BCUT2D eigenvalue weighted by Gasteiger charge is 2.14. The third-order valence-electron chi connectivity index (χ3n) is 4.19. The van der Waals surface area contributed by atoms with E-state index in [0.717, 1.165) is 30.9 Å². The fraction of sp³-hybridized carbons (Fsp3) is 0.316. The van der Waals surface area contributed by atoms with Gasteiger partial charge in [0.25, 0.3) is 0 Å². The summed E-state index contributed by atoms with van der Waals surface area (Å²) in [5, 5.41) is 2.97. The van der Waals surface area contributed by atoms with Crippen molar-refractivity contribution in [1.29, 1.82) is 0 Å². The molecule has 4 nitrogen and oxygen atoms in total. The molecule has 0 radical (unpaired) electrons. The van der Waals surface area contributed by atoms with E-state index in [1.54, 1.807) is 0 Å². The summed E-state index contributed by atoms with van der Waals surface area (Å²) in [6.07, 6.45) is 3.27. The zero-order chi connectivity index (χ0) is 16.1. The highest BCUT2D eigenvalue weighted by Crippen LogP contribution is 2.15. The number of hydrogen-bond donors (Lipinski definition) is 2. The van der Waals surface area contributed by atoms with Crippen LogP contribution in [0, 0.1) is 0 Å². The molecule has 2 aromatic carbocycles. The number of nitrogens with two attached hydrogens (primary N) is 1. The number of rotatable bonds is 5. The number of benzene rings is 2. The molecule has 1 fully saturated rings. The largest absolute Gasteiger partial charge is 0.399 e. The molecule has 0 saturated carbocycles. The first-order valence-corrected chi connectivity index (χ1v) is 8.14. The molecule has 3 N–H and O–H groups in total. The van der Waals surface area contributed by atoms with Gasteiger partial charge < -0.3 is 11.1 Å². The molecule has 1 aliphatic heterocycles. The summed E-state index contributed by atoms with van der Waals surface area (Å²) >= 11 is 0. The Balaban J connectivity index is 1.54. The SMILES string of the molecule is Nc1ccc(Cc2ccc(NC(=O)CN3CCCC3)cc2)cc1. The lowest BCUT2D eigenvalue weighted by Gasteiger charge is -2.14. The molecule has 1 aliphatic rings. The zero-order valence-corrected chi connectivity index (χ0v) is 13.3. The Morgan fingerprint density at radius 1 is 0.957 bits per heavy atom. The third kappa shape index (κ3) is 4.57. The van der Waals surface area contributed by atoms with Crippen LogP contribution in [0.4, 0.5) is 11.4 Å². The summed E-state index contributed by atoms with van der Waals surface area (Å²) in [6.45, 7) is 2.56. The fourth-order valence-electron chi connectivity index (χ4n) is 2.92. The van der Waals surface area contributed by atoms with Crippen LogP contribution in [0.25, 0.3) is 0 Å². The molecule has 0 spiro atoms. The minimum atomic E-state index is 0.0678. The second kappa shape index (κ2) is 7.29. The summed E-state index contributed by atoms with van der Waals surface area (Å²) in [5.41, 5.74) is 9.78. The summed E-state index contributed by atoms with van der Waals surface area (Å²) in [7, 11) is 0. The summed E-state index contributed by atoms with van der Waals surface area (Å²) in [4.78, 5) is 14.2. The third-order valence-corrected chi connectivity index (χ3v) is 4.19. The van der Waals surface area contributed by atoms with Crippen LogP contribution in [-0.4, -0.2) is 30.4 Å². The lowest BCUT2D eigenvalue weighted by Crippen LogP contribution is -2.30. The molecular weight excluding hydrogens is 286 g/mol. The monoisotopic (exact) mass is 309 g/mol. The van der Waals surface area contributed by atoms with Crippen LogP contribution in [0.2, 0.25) is 0 Å². The first-order valence-electron chi connectivity index (χ1n) is 8.14. The highest BCUT2D eigenvalue weighted by molar-refractivity contribution is 5.92. The molecule has 23 heavy (non-hydrogen) atoms. The van der Waals surface area contributed by atoms with E-state index in [2.05, 4.69) is 22.3 Å². The Kier molecular flexibility index (Phi) is 4.93. The second-order valence-electron chi connectivity index (χ2n) is 6.15. The first kappa shape index (κ1) is 15.6. The molecule has 0 bridgehead atoms. The number of carbonyl (C=O) groups is 1. The van der Waals surface area contributed by atoms with Crippen molar-refractivity contribution < 1.29 is 4.79 Å². The maximum Gasteiger partial charge on any atom is 0.238 e. The van der Waals surface area contributed by atoms with Gasteiger partial charge in [0.15, 0.2) is 0 Å². The van der Waals surface area contributed by atoms with E-state index in [-0.39, 0.29) is 5.91 Å². The maximum atomic E-state index is 12.0. The van der Waals surface area contributed by atoms with E-state index < -0.39 is 0 Å². The highest BCUT2D eigenvalue weighted by atomic mass is 16.2. The van der Waals surface area contributed by atoms with Crippen LogP contribution in [0.15, 0.2) is 48.5 Å². The first-order chi connectivity index (χ1) is 11.2. The summed E-state index contributed by atoms with van der Waals surface area (Å²) in [5.74, 6) is 0.0678. The molecule has 0 unspecified atom stereocenters. The van der Waals surface area contributed by atoms with Gasteiger partial charge in [-0.15, -0.1) is 0 Å². The summed E-state index contributed by atoms with van der Waals surface area (Å²) < 4.78 is 0. The number of hydrogen-bond acceptors (Lipinski definition) is 3. The predicted octanol–water partition coefficient (Wildman–Crippen LogP) is 2.89. The molecule has 0 aromatic heterocycles. The Labute approximate surface area is 137 Å². The van der Waals surface area contributed by atoms with Crippen molar-refractivity contribution >= 4 is 17.3 Å². The number of amides is 1. The van der Waals surface area contributed by atoms with Crippen molar-refractivity contribution in [2.75, 3.05) is 30.7 Å². The van der Waals surface area contributed by atoms with E-state index in [9.17, 15) is 4.79 Å². The Hall–Kier alpha value is -2.33. The average molecular weight is 309 g/mol. The van der Waals surface area contributed by atoms with Crippen LogP contribution in [0.3, 0.4) is 0 Å². The normalized spacial score (nSPS) is 14.8. The number of nitrogens with zero attached hydrogens (tertiary/aromatic N) is 1. The van der Waals surface area contributed by atoms with Gasteiger partial charge in [-0.25, -0.2) is 0 Å². The summed E-state index contributed by atoms with van der Waals surface area (Å²) in [6, 6.07) is 16.0. The van der Waals surface area contributed by atoms with Crippen molar-refractivity contribution in [3.05, 3.63) is 59.7 Å². The van der Waals surface area contributed by atoms with Crippen LogP contribution < -0.4 is 11.1 Å². The fourth-order valence-corrected chi connectivity index (χ4v) is 2.92. The van der Waals surface area contributed by atoms with Gasteiger partial charge in [0, 0.05) is 11.4 Å². The molecule has 120 valence electrons. The van der Waals surface area contributed by atoms with Gasteiger partial charge in [-0.1, -0.05) is 24.3 Å². The standard InChI is InChI=1S/C19H23N3O/c20-17-7-3-15(4-8-17)13-16-5-9-18(10-6-16)21-19(23)14-22-11-1-2-12-22/h3-10H,1-2,11-14,20H2,(H,21,23). The molecule has 4 heteroatoms. The quantitative estimate of drug-likeness (QED) is 0.835. The Morgan fingerprint density at radius 3 is 2.13 bits per heavy atom. The van der Waals surface area contributed by atoms with Gasteiger partial charge in [-0.05, 0) is 67.7 Å². The molecule has 3 rings (SSSR count). The number of carbonyl (C=O) groups excluding carboxylic acids is 1. The predicted molar refractivity (Wildman–Crippen MR) is 94.4 cm³/mol. The van der Waals surface area contributed by atoms with Crippen LogP contribution in [-0.2, 0) is 11.2 Å². The van der Waals surface area contributed by atoms with Crippen LogP contribution >= 0.6 is 0 Å². The molecular formula is C19H23N3O. The number of likely N-dealkylation sites (tertiary alicyclic amines) is 1. The van der Waals surface area contributed by atoms with E-state index in [4.69, 9.17) is 5.73 Å². The van der Waals surface area contributed by atoms with Crippen molar-refractivity contribution in [1.82, 2.24) is 4.90 Å². The Morgan fingerprint density at radius 2 is 1.52 bits per heavy atom. The molecule has 0 atom stereocenters. The zero-order valence-electron chi connectivity index (χ0n) is 13.3. The van der Waals surface area contributed by atoms with E-state index in [0.29, 0.717) is 6.54 Å². The molecule has 0 aliphatic carbocycles. The van der Waals surface area contributed by atoms with Gasteiger partial charge in [0.05, 0.1) is 6.54 Å². The van der Waals surface area contributed by atoms with Crippen molar-refractivity contribution in [3.63, 3.8) is 0 Å². The number of anilines is 2. The minimum Gasteiger partial charge on any atom is -0.399 e. The molecule has 2 aromatic rings. The van der Waals surface area contributed by atoms with Gasteiger partial charge in [0.2, 0.25) is 5.91 Å². The van der Waals surface area contributed by atoms with E-state index in [1.807, 2.05) is 36.4 Å². The van der Waals surface area contributed by atoms with E-state index >= 15 is 0 Å². The van der Waals surface area contributed by atoms with E-state index in [1.165, 1.54) is 24.0 Å². The van der Waals surface area contributed by atoms with Crippen LogP contribution in [0.1, 0.15) is 24.0 Å². The van der Waals surface area contributed by atoms with Crippen molar-refractivity contribution in [2.24, 2.45) is 0 Å². The van der Waals surface area contributed by atoms with Crippen molar-refractivity contribution in [3.8, 4) is 0 Å². The smallest absolute Gasteiger partial charge is 0.238 e. The maximum absolute atomic E-state index is 12.0. The average Bonchev–Trinajstić information content (AvgIpc) is 3.04. The van der Waals surface area contributed by atoms with Gasteiger partial charge >= 0.3 is 0 Å². The van der Waals surface area contributed by atoms with Gasteiger partial charge in [-0.3, -0.25) is 9.69 Å². The van der Waals surface area contributed by atoms with Crippen LogP contribution in [0.5, 0.6) is 0 Å². The topological polar surface area (TPSA) is 58.4 Å². The number of nitrogens with one attached hydrogen (secondary N) is 1. The molecule has 1 amide bonds. The molecule has 1 saturated heterocycles. The van der Waals surface area contributed by atoms with Gasteiger partial charge in [0.1, 0.15) is 0 Å². The van der Waals surface area contributed by atoms with Gasteiger partial charge in [-0.2, -0.15) is 0 Å². The number of nitrogen functional groups attached to an aromatic ring is 1. The lowest BCUT2D eigenvalue weighted by molar-refractivity contribution is -0.117. The molecule has 1 heterocycles. The minimum absolute atomic E-state index is 0.0678.